The lowest BCUT2D eigenvalue weighted by Gasteiger charge is -2.37. The van der Waals surface area contributed by atoms with Crippen molar-refractivity contribution >= 4 is 11.9 Å². The fourth-order valence-electron chi connectivity index (χ4n) is 4.18. The van der Waals surface area contributed by atoms with Gasteiger partial charge in [-0.15, -0.1) is 0 Å². The minimum absolute atomic E-state index is 0.0996. The van der Waals surface area contributed by atoms with Crippen molar-refractivity contribution in [3.8, 4) is 0 Å². The Bertz CT molecular complexity index is 704. The van der Waals surface area contributed by atoms with Crippen LogP contribution in [-0.4, -0.2) is 62.2 Å². The molecular formula is C20H32N4O3. The molecule has 7 heteroatoms. The highest BCUT2D eigenvalue weighted by molar-refractivity contribution is 5.88. The third-order valence-electron chi connectivity index (χ3n) is 5.91. The number of carboxylic acid groups (broad SMARTS) is 1. The third-order valence-corrected chi connectivity index (χ3v) is 5.91. The Labute approximate surface area is 161 Å². The average molecular weight is 377 g/mol. The maximum atomic E-state index is 13.1. The van der Waals surface area contributed by atoms with Gasteiger partial charge in [0.05, 0.1) is 6.04 Å². The van der Waals surface area contributed by atoms with Gasteiger partial charge >= 0.3 is 5.97 Å². The molecule has 1 fully saturated rings. The molecule has 0 spiro atoms. The minimum atomic E-state index is -1.01. The Kier molecular flexibility index (Phi) is 5.89. The number of aromatic carboxylic acids is 1. The molecule has 1 aromatic rings. The first kappa shape index (κ1) is 19.9. The molecule has 0 aromatic carbocycles. The largest absolute Gasteiger partial charge is 0.476 e. The van der Waals surface area contributed by atoms with Crippen LogP contribution in [0.4, 0.5) is 0 Å². The van der Waals surface area contributed by atoms with Crippen LogP contribution < -0.4 is 0 Å². The van der Waals surface area contributed by atoms with Gasteiger partial charge in [0.1, 0.15) is 0 Å². The van der Waals surface area contributed by atoms with Gasteiger partial charge in [0, 0.05) is 37.3 Å². The predicted octanol–water partition coefficient (Wildman–Crippen LogP) is 2.24. The van der Waals surface area contributed by atoms with Crippen molar-refractivity contribution in [1.29, 1.82) is 0 Å². The summed E-state index contributed by atoms with van der Waals surface area (Å²) in [4.78, 5) is 28.8. The van der Waals surface area contributed by atoms with E-state index in [4.69, 9.17) is 0 Å². The molecule has 1 unspecified atom stereocenters. The summed E-state index contributed by atoms with van der Waals surface area (Å²) in [7, 11) is 0. The minimum Gasteiger partial charge on any atom is -0.476 e. The van der Waals surface area contributed by atoms with E-state index in [2.05, 4.69) is 30.8 Å². The number of amides is 1. The summed E-state index contributed by atoms with van der Waals surface area (Å²) in [5.74, 6) is 0.201. The number of hydrogen-bond donors (Lipinski definition) is 1. The number of nitrogens with zero attached hydrogens (tertiary/aromatic N) is 4. The maximum Gasteiger partial charge on any atom is 0.356 e. The average Bonchev–Trinajstić information content (AvgIpc) is 2.98. The van der Waals surface area contributed by atoms with Crippen LogP contribution in [0.1, 0.15) is 62.3 Å². The van der Waals surface area contributed by atoms with Crippen LogP contribution in [0.3, 0.4) is 0 Å². The van der Waals surface area contributed by atoms with Crippen LogP contribution in [0.15, 0.2) is 0 Å². The Morgan fingerprint density at radius 3 is 2.44 bits per heavy atom. The van der Waals surface area contributed by atoms with Crippen LogP contribution >= 0.6 is 0 Å². The zero-order valence-corrected chi connectivity index (χ0v) is 16.9. The second kappa shape index (κ2) is 8.00. The van der Waals surface area contributed by atoms with E-state index in [0.717, 1.165) is 37.5 Å². The van der Waals surface area contributed by atoms with Gasteiger partial charge in [0.2, 0.25) is 5.91 Å². The van der Waals surface area contributed by atoms with E-state index in [9.17, 15) is 14.7 Å². The second-order valence-corrected chi connectivity index (χ2v) is 8.56. The topological polar surface area (TPSA) is 78.7 Å². The van der Waals surface area contributed by atoms with Crippen molar-refractivity contribution in [2.24, 2.45) is 11.8 Å². The molecule has 3 rings (SSSR count). The van der Waals surface area contributed by atoms with E-state index in [1.807, 2.05) is 16.5 Å². The first-order valence-corrected chi connectivity index (χ1v) is 10.1. The standard InChI is InChI=1S/C20H32N4O3/c1-13(2)11-24-17-7-10-23(12-16(17)18(21-24)20(26)27)19(25)15(4)22-8-5-14(3)6-9-22/h13-15H,5-12H2,1-4H3,(H,26,27). The number of fused-ring (bicyclic) bond motifs is 1. The Hall–Kier alpha value is -1.89. The molecule has 0 saturated carbocycles. The Morgan fingerprint density at radius 1 is 1.19 bits per heavy atom. The highest BCUT2D eigenvalue weighted by Gasteiger charge is 2.34. The van der Waals surface area contributed by atoms with Crippen LogP contribution in [0, 0.1) is 11.8 Å². The molecule has 1 N–H and O–H groups in total. The quantitative estimate of drug-likeness (QED) is 0.853. The molecule has 0 bridgehead atoms. The summed E-state index contributed by atoms with van der Waals surface area (Å²) in [6.45, 7) is 12.0. The van der Waals surface area contributed by atoms with Crippen molar-refractivity contribution in [2.45, 2.75) is 66.1 Å². The monoisotopic (exact) mass is 376 g/mol. The van der Waals surface area contributed by atoms with Crippen molar-refractivity contribution in [3.05, 3.63) is 17.0 Å². The SMILES string of the molecule is CC(C)Cn1nc(C(=O)O)c2c1CCN(C(=O)C(C)N1CCC(C)CC1)C2. The lowest BCUT2D eigenvalue weighted by atomic mass is 9.97. The number of carbonyl (C=O) groups excluding carboxylic acids is 1. The maximum absolute atomic E-state index is 13.1. The molecule has 7 nitrogen and oxygen atoms in total. The van der Waals surface area contributed by atoms with Crippen molar-refractivity contribution in [1.82, 2.24) is 19.6 Å². The molecule has 1 atom stereocenters. The molecule has 1 amide bonds. The van der Waals surface area contributed by atoms with Crippen LogP contribution in [0.5, 0.6) is 0 Å². The summed E-state index contributed by atoms with van der Waals surface area (Å²) >= 11 is 0. The molecular weight excluding hydrogens is 344 g/mol. The number of carboxylic acids is 1. The van der Waals surface area contributed by atoms with Crippen molar-refractivity contribution < 1.29 is 14.7 Å². The summed E-state index contributed by atoms with van der Waals surface area (Å²) < 4.78 is 1.83. The van der Waals surface area contributed by atoms with Gasteiger partial charge in [-0.3, -0.25) is 14.4 Å². The summed E-state index contributed by atoms with van der Waals surface area (Å²) in [5, 5.41) is 13.9. The molecule has 0 radical (unpaired) electrons. The zero-order valence-electron chi connectivity index (χ0n) is 16.9. The predicted molar refractivity (Wildman–Crippen MR) is 103 cm³/mol. The molecule has 0 aliphatic carbocycles. The smallest absolute Gasteiger partial charge is 0.356 e. The van der Waals surface area contributed by atoms with Gasteiger partial charge in [0.15, 0.2) is 5.69 Å². The van der Waals surface area contributed by atoms with Crippen molar-refractivity contribution in [2.75, 3.05) is 19.6 Å². The normalized spacial score (nSPS) is 20.0. The molecule has 1 saturated heterocycles. The fraction of sp³-hybridized carbons (Fsp3) is 0.750. The van der Waals surface area contributed by atoms with Crippen LogP contribution in [0.2, 0.25) is 0 Å². The van der Waals surface area contributed by atoms with E-state index < -0.39 is 5.97 Å². The van der Waals surface area contributed by atoms with E-state index >= 15 is 0 Å². The van der Waals surface area contributed by atoms with E-state index in [1.165, 1.54) is 0 Å². The van der Waals surface area contributed by atoms with E-state index in [0.29, 0.717) is 37.5 Å². The number of hydrogen-bond acceptors (Lipinski definition) is 4. The van der Waals surface area contributed by atoms with Gasteiger partial charge in [-0.2, -0.15) is 5.10 Å². The lowest BCUT2D eigenvalue weighted by molar-refractivity contribution is -0.138. The Balaban J connectivity index is 1.76. The van der Waals surface area contributed by atoms with Crippen molar-refractivity contribution in [3.63, 3.8) is 0 Å². The fourth-order valence-corrected chi connectivity index (χ4v) is 4.18. The summed E-state index contributed by atoms with van der Waals surface area (Å²) in [6, 6.07) is -0.155. The highest BCUT2D eigenvalue weighted by Crippen LogP contribution is 2.25. The van der Waals surface area contributed by atoms with E-state index in [-0.39, 0.29) is 17.6 Å². The summed E-state index contributed by atoms with van der Waals surface area (Å²) in [5.41, 5.74) is 1.79. The van der Waals surface area contributed by atoms with Crippen LogP contribution in [0.25, 0.3) is 0 Å². The number of carbonyl (C=O) groups is 2. The number of rotatable bonds is 5. The second-order valence-electron chi connectivity index (χ2n) is 8.56. The third kappa shape index (κ3) is 4.18. The van der Waals surface area contributed by atoms with Gasteiger partial charge in [-0.25, -0.2) is 4.79 Å². The molecule has 2 aliphatic rings. The molecule has 1 aromatic heterocycles. The molecule has 150 valence electrons. The van der Waals surface area contributed by atoms with E-state index in [1.54, 1.807) is 0 Å². The first-order valence-electron chi connectivity index (χ1n) is 10.1. The highest BCUT2D eigenvalue weighted by atomic mass is 16.4. The van der Waals surface area contributed by atoms with Gasteiger partial charge in [-0.05, 0) is 44.7 Å². The van der Waals surface area contributed by atoms with Gasteiger partial charge in [0.25, 0.3) is 0 Å². The molecule has 3 heterocycles. The first-order chi connectivity index (χ1) is 12.8. The number of likely N-dealkylation sites (tertiary alicyclic amines) is 1. The lowest BCUT2D eigenvalue weighted by Crippen LogP contribution is -2.50. The summed E-state index contributed by atoms with van der Waals surface area (Å²) in [6.07, 6.45) is 2.93. The number of piperidine rings is 1. The molecule has 2 aliphatic heterocycles. The van der Waals surface area contributed by atoms with Gasteiger partial charge in [-0.1, -0.05) is 20.8 Å². The Morgan fingerprint density at radius 2 is 1.85 bits per heavy atom. The zero-order chi connectivity index (χ0) is 19.7. The van der Waals surface area contributed by atoms with Gasteiger partial charge < -0.3 is 10.0 Å². The van der Waals surface area contributed by atoms with Crippen LogP contribution in [-0.2, 0) is 24.3 Å². The molecule has 27 heavy (non-hydrogen) atoms. The number of aromatic nitrogens is 2.